The molecule has 1 saturated heterocycles. The van der Waals surface area contributed by atoms with E-state index in [9.17, 15) is 13.2 Å². The molecule has 25 heavy (non-hydrogen) atoms. The van der Waals surface area contributed by atoms with E-state index in [-0.39, 0.29) is 31.9 Å². The summed E-state index contributed by atoms with van der Waals surface area (Å²) in [4.78, 5) is 1.89. The molecule has 0 aliphatic carbocycles. The van der Waals surface area contributed by atoms with Crippen LogP contribution in [-0.4, -0.2) is 23.9 Å². The minimum atomic E-state index is -2.68. The van der Waals surface area contributed by atoms with Gasteiger partial charge in [0.1, 0.15) is 5.82 Å². The maximum Gasteiger partial charge on any atom is 0.253 e. The Labute approximate surface area is 151 Å². The standard InChI is InChI=1S/C20H21ClF3N/c21-18-7-4-8-19(22)17(18)14-25-12-11-20(23,24)16(13-25)10-9-15-5-2-1-3-6-15/h1-8,16H,9-14H2. The third kappa shape index (κ3) is 4.56. The lowest BCUT2D eigenvalue weighted by Crippen LogP contribution is -2.47. The lowest BCUT2D eigenvalue weighted by molar-refractivity contribution is -0.109. The topological polar surface area (TPSA) is 3.24 Å². The second-order valence-electron chi connectivity index (χ2n) is 6.67. The number of benzene rings is 2. The number of nitrogens with zero attached hydrogens (tertiary/aromatic N) is 1. The van der Waals surface area contributed by atoms with Gasteiger partial charge in [-0.15, -0.1) is 0 Å². The second kappa shape index (κ2) is 7.79. The van der Waals surface area contributed by atoms with Crippen LogP contribution in [0.2, 0.25) is 5.02 Å². The Balaban J connectivity index is 1.66. The summed E-state index contributed by atoms with van der Waals surface area (Å²) < 4.78 is 42.6. The van der Waals surface area contributed by atoms with E-state index >= 15 is 0 Å². The quantitative estimate of drug-likeness (QED) is 0.667. The van der Waals surface area contributed by atoms with Crippen LogP contribution in [-0.2, 0) is 13.0 Å². The molecule has 5 heteroatoms. The Morgan fingerprint density at radius 3 is 2.56 bits per heavy atom. The average Bonchev–Trinajstić information content (AvgIpc) is 2.59. The predicted octanol–water partition coefficient (Wildman–Crippen LogP) is 5.57. The Morgan fingerprint density at radius 1 is 1.08 bits per heavy atom. The summed E-state index contributed by atoms with van der Waals surface area (Å²) in [5, 5.41) is 0.346. The van der Waals surface area contributed by atoms with Crippen LogP contribution in [0.25, 0.3) is 0 Å². The summed E-state index contributed by atoms with van der Waals surface area (Å²) in [6.07, 6.45) is 0.840. The van der Waals surface area contributed by atoms with Crippen LogP contribution >= 0.6 is 11.6 Å². The minimum absolute atomic E-state index is 0.196. The number of piperidine rings is 1. The lowest BCUT2D eigenvalue weighted by atomic mass is 9.88. The number of alkyl halides is 2. The van der Waals surface area contributed by atoms with Crippen LogP contribution < -0.4 is 0 Å². The predicted molar refractivity (Wildman–Crippen MR) is 94.5 cm³/mol. The van der Waals surface area contributed by atoms with E-state index in [0.717, 1.165) is 5.56 Å². The molecule has 1 unspecified atom stereocenters. The van der Waals surface area contributed by atoms with E-state index in [1.165, 1.54) is 6.07 Å². The Hall–Kier alpha value is -1.52. The molecule has 2 aromatic rings. The molecule has 1 nitrogen and oxygen atoms in total. The van der Waals surface area contributed by atoms with Gasteiger partial charge < -0.3 is 0 Å². The van der Waals surface area contributed by atoms with E-state index in [1.54, 1.807) is 12.1 Å². The fourth-order valence-electron chi connectivity index (χ4n) is 3.39. The van der Waals surface area contributed by atoms with E-state index in [2.05, 4.69) is 0 Å². The van der Waals surface area contributed by atoms with E-state index < -0.39 is 11.8 Å². The highest BCUT2D eigenvalue weighted by atomic mass is 35.5. The minimum Gasteiger partial charge on any atom is -0.298 e. The first-order chi connectivity index (χ1) is 12.0. The molecule has 1 heterocycles. The first-order valence-corrected chi connectivity index (χ1v) is 8.90. The van der Waals surface area contributed by atoms with Crippen LogP contribution in [0.3, 0.4) is 0 Å². The summed E-state index contributed by atoms with van der Waals surface area (Å²) in [6, 6.07) is 14.2. The van der Waals surface area contributed by atoms with Gasteiger partial charge in [0, 0.05) is 42.6 Å². The number of hydrogen-bond donors (Lipinski definition) is 0. The molecule has 0 saturated carbocycles. The smallest absolute Gasteiger partial charge is 0.253 e. The highest BCUT2D eigenvalue weighted by Crippen LogP contribution is 2.37. The molecule has 0 radical (unpaired) electrons. The molecule has 1 aliphatic heterocycles. The van der Waals surface area contributed by atoms with Gasteiger partial charge in [-0.1, -0.05) is 48.0 Å². The van der Waals surface area contributed by atoms with Crippen molar-refractivity contribution in [2.24, 2.45) is 5.92 Å². The number of halogens is 4. The Kier molecular flexibility index (Phi) is 5.70. The second-order valence-corrected chi connectivity index (χ2v) is 7.07. The van der Waals surface area contributed by atoms with Crippen LogP contribution in [0.4, 0.5) is 13.2 Å². The lowest BCUT2D eigenvalue weighted by Gasteiger charge is -2.38. The van der Waals surface area contributed by atoms with Gasteiger partial charge in [0.25, 0.3) is 5.92 Å². The highest BCUT2D eigenvalue weighted by Gasteiger charge is 2.43. The van der Waals surface area contributed by atoms with E-state index in [1.807, 2.05) is 35.2 Å². The number of hydrogen-bond acceptors (Lipinski definition) is 1. The maximum atomic E-state index is 14.3. The number of aryl methyl sites for hydroxylation is 1. The highest BCUT2D eigenvalue weighted by molar-refractivity contribution is 6.31. The van der Waals surface area contributed by atoms with Crippen LogP contribution in [0.5, 0.6) is 0 Å². The van der Waals surface area contributed by atoms with Crippen LogP contribution in [0.1, 0.15) is 24.0 Å². The Morgan fingerprint density at radius 2 is 1.84 bits per heavy atom. The molecule has 1 aliphatic rings. The summed E-state index contributed by atoms with van der Waals surface area (Å²) in [6.45, 7) is 0.771. The fraction of sp³-hybridized carbons (Fsp3) is 0.400. The number of likely N-dealkylation sites (tertiary alicyclic amines) is 1. The van der Waals surface area contributed by atoms with Crippen molar-refractivity contribution in [2.45, 2.75) is 31.7 Å². The third-order valence-corrected chi connectivity index (χ3v) is 5.26. The van der Waals surface area contributed by atoms with Crippen LogP contribution in [0.15, 0.2) is 48.5 Å². The summed E-state index contributed by atoms with van der Waals surface area (Å²) in [7, 11) is 0. The van der Waals surface area contributed by atoms with Gasteiger partial charge in [0.2, 0.25) is 0 Å². The Bertz CT molecular complexity index is 685. The molecule has 134 valence electrons. The van der Waals surface area contributed by atoms with Crippen molar-refractivity contribution in [1.29, 1.82) is 0 Å². The third-order valence-electron chi connectivity index (χ3n) is 4.90. The molecule has 0 amide bonds. The first kappa shape index (κ1) is 18.3. The normalized spacial score (nSPS) is 20.6. The van der Waals surface area contributed by atoms with Crippen molar-refractivity contribution < 1.29 is 13.2 Å². The van der Waals surface area contributed by atoms with Crippen molar-refractivity contribution in [3.05, 3.63) is 70.5 Å². The monoisotopic (exact) mass is 367 g/mol. The van der Waals surface area contributed by atoms with E-state index in [0.29, 0.717) is 23.4 Å². The van der Waals surface area contributed by atoms with Gasteiger partial charge in [0.05, 0.1) is 0 Å². The molecule has 1 atom stereocenters. The fourth-order valence-corrected chi connectivity index (χ4v) is 3.61. The summed E-state index contributed by atoms with van der Waals surface area (Å²) in [5.74, 6) is -3.79. The zero-order valence-electron chi connectivity index (χ0n) is 13.9. The molecule has 2 aromatic carbocycles. The van der Waals surface area contributed by atoms with Crippen molar-refractivity contribution in [3.8, 4) is 0 Å². The van der Waals surface area contributed by atoms with Crippen LogP contribution in [0, 0.1) is 11.7 Å². The van der Waals surface area contributed by atoms with Gasteiger partial charge in [-0.2, -0.15) is 0 Å². The molecule has 0 spiro atoms. The molecule has 0 bridgehead atoms. The van der Waals surface area contributed by atoms with Crippen molar-refractivity contribution in [2.75, 3.05) is 13.1 Å². The van der Waals surface area contributed by atoms with E-state index in [4.69, 9.17) is 11.6 Å². The molecular formula is C20H21ClF3N. The zero-order valence-corrected chi connectivity index (χ0v) is 14.7. The van der Waals surface area contributed by atoms with Gasteiger partial charge in [-0.3, -0.25) is 4.90 Å². The van der Waals surface area contributed by atoms with Crippen molar-refractivity contribution in [3.63, 3.8) is 0 Å². The summed E-state index contributed by atoms with van der Waals surface area (Å²) in [5.41, 5.74) is 1.45. The summed E-state index contributed by atoms with van der Waals surface area (Å²) >= 11 is 6.07. The van der Waals surface area contributed by atoms with Crippen molar-refractivity contribution in [1.82, 2.24) is 4.90 Å². The molecule has 0 aromatic heterocycles. The van der Waals surface area contributed by atoms with Gasteiger partial charge >= 0.3 is 0 Å². The van der Waals surface area contributed by atoms with Gasteiger partial charge in [-0.25, -0.2) is 13.2 Å². The first-order valence-electron chi connectivity index (χ1n) is 8.53. The van der Waals surface area contributed by atoms with Crippen molar-refractivity contribution >= 4 is 11.6 Å². The maximum absolute atomic E-state index is 14.3. The molecular weight excluding hydrogens is 347 g/mol. The average molecular weight is 368 g/mol. The SMILES string of the molecule is Fc1cccc(Cl)c1CN1CCC(F)(F)C(CCc2ccccc2)C1. The largest absolute Gasteiger partial charge is 0.298 e. The molecule has 3 rings (SSSR count). The molecule has 0 N–H and O–H groups in total. The van der Waals surface area contributed by atoms with Gasteiger partial charge in [0.15, 0.2) is 0 Å². The molecule has 1 fully saturated rings. The zero-order chi connectivity index (χ0) is 17.9. The van der Waals surface area contributed by atoms with Gasteiger partial charge in [-0.05, 0) is 30.5 Å². The number of rotatable bonds is 5.